The predicted molar refractivity (Wildman–Crippen MR) is 82.5 cm³/mol. The van der Waals surface area contributed by atoms with Crippen molar-refractivity contribution in [3.05, 3.63) is 29.6 Å². The minimum Gasteiger partial charge on any atom is -0.465 e. The second-order valence-corrected chi connectivity index (χ2v) is 5.92. The molecule has 0 saturated carbocycles. The van der Waals surface area contributed by atoms with Crippen LogP contribution in [0.15, 0.2) is 18.2 Å². The number of carboxylic acid groups (broad SMARTS) is 1. The van der Waals surface area contributed by atoms with Crippen molar-refractivity contribution in [2.45, 2.75) is 26.3 Å². The van der Waals surface area contributed by atoms with Gasteiger partial charge in [-0.15, -0.1) is 0 Å². The van der Waals surface area contributed by atoms with Gasteiger partial charge in [-0.05, 0) is 38.5 Å². The number of carbonyl (C=O) groups excluding carboxylic acids is 1. The Morgan fingerprint density at radius 1 is 1.43 bits per heavy atom. The van der Waals surface area contributed by atoms with Crippen LogP contribution in [0.3, 0.4) is 0 Å². The number of nitrogens with one attached hydrogen (secondary N) is 1. The lowest BCUT2D eigenvalue weighted by atomic mass is 10.0. The van der Waals surface area contributed by atoms with E-state index in [0.717, 1.165) is 5.56 Å². The number of nitrogens with zero attached hydrogens (tertiary/aromatic N) is 1. The molecule has 0 aliphatic rings. The van der Waals surface area contributed by atoms with E-state index in [1.54, 1.807) is 26.8 Å². The fourth-order valence-electron chi connectivity index (χ4n) is 1.98. The highest BCUT2D eigenvalue weighted by atomic mass is 79.9. The molecule has 1 rings (SSSR count). The topological polar surface area (TPSA) is 69.6 Å². The first-order valence-electron chi connectivity index (χ1n) is 6.30. The summed E-state index contributed by atoms with van der Waals surface area (Å²) in [7, 11) is 0. The molecule has 0 heterocycles. The third-order valence-electron chi connectivity index (χ3n) is 2.88. The van der Waals surface area contributed by atoms with Crippen LogP contribution in [0.2, 0.25) is 0 Å². The van der Waals surface area contributed by atoms with Crippen molar-refractivity contribution >= 4 is 33.6 Å². The summed E-state index contributed by atoms with van der Waals surface area (Å²) in [4.78, 5) is 24.3. The molecule has 1 aromatic rings. The van der Waals surface area contributed by atoms with Gasteiger partial charge in [0.2, 0.25) is 5.91 Å². The van der Waals surface area contributed by atoms with Gasteiger partial charge in [-0.1, -0.05) is 22.0 Å². The minimum absolute atomic E-state index is 0.0616. The SMILES string of the molecule is Cc1ccc(F)cc1N(CC(C)(C)NC(=O)O)C(=O)CBr. The quantitative estimate of drug-likeness (QED) is 0.793. The molecule has 0 unspecified atom stereocenters. The molecule has 0 aliphatic heterocycles. The van der Waals surface area contributed by atoms with Crippen molar-refractivity contribution in [1.82, 2.24) is 5.32 Å². The van der Waals surface area contributed by atoms with Gasteiger partial charge in [-0.3, -0.25) is 4.79 Å². The van der Waals surface area contributed by atoms with Crippen LogP contribution < -0.4 is 10.2 Å². The van der Waals surface area contributed by atoms with Gasteiger partial charge < -0.3 is 15.3 Å². The molecular weight excluding hydrogens is 343 g/mol. The van der Waals surface area contributed by atoms with E-state index >= 15 is 0 Å². The van der Waals surface area contributed by atoms with Gasteiger partial charge in [0, 0.05) is 12.2 Å². The number of hydrogen-bond donors (Lipinski definition) is 2. The average molecular weight is 361 g/mol. The Bertz CT molecular complexity index is 549. The van der Waals surface area contributed by atoms with E-state index in [4.69, 9.17) is 5.11 Å². The largest absolute Gasteiger partial charge is 0.465 e. The highest BCUT2D eigenvalue weighted by Crippen LogP contribution is 2.24. The first-order valence-corrected chi connectivity index (χ1v) is 7.42. The van der Waals surface area contributed by atoms with Crippen molar-refractivity contribution in [1.29, 1.82) is 0 Å². The molecule has 1 aromatic carbocycles. The van der Waals surface area contributed by atoms with Crippen molar-refractivity contribution in [2.24, 2.45) is 0 Å². The van der Waals surface area contributed by atoms with Crippen LogP contribution in [0.1, 0.15) is 19.4 Å². The van der Waals surface area contributed by atoms with E-state index < -0.39 is 17.4 Å². The Morgan fingerprint density at radius 2 is 2.05 bits per heavy atom. The summed E-state index contributed by atoms with van der Waals surface area (Å²) in [6, 6.07) is 4.17. The zero-order valence-corrected chi connectivity index (χ0v) is 13.7. The highest BCUT2D eigenvalue weighted by Gasteiger charge is 2.28. The summed E-state index contributed by atoms with van der Waals surface area (Å²) >= 11 is 3.09. The molecule has 2 amide bonds. The maximum absolute atomic E-state index is 13.5. The van der Waals surface area contributed by atoms with Crippen LogP contribution in [0.25, 0.3) is 0 Å². The maximum atomic E-state index is 13.5. The molecule has 7 heteroatoms. The van der Waals surface area contributed by atoms with Crippen LogP contribution in [0, 0.1) is 12.7 Å². The first kappa shape index (κ1) is 17.4. The molecule has 0 saturated heterocycles. The standard InChI is InChI=1S/C14H18BrFN2O3/c1-9-4-5-10(16)6-11(9)18(12(19)7-15)8-14(2,3)17-13(20)21/h4-6,17H,7-8H2,1-3H3,(H,20,21). The first-order chi connectivity index (χ1) is 9.66. The van der Waals surface area contributed by atoms with Gasteiger partial charge >= 0.3 is 6.09 Å². The van der Waals surface area contributed by atoms with E-state index in [0.29, 0.717) is 5.69 Å². The van der Waals surface area contributed by atoms with Crippen LogP contribution in [0.4, 0.5) is 14.9 Å². The molecule has 0 fully saturated rings. The summed E-state index contributed by atoms with van der Waals surface area (Å²) in [5, 5.41) is 11.3. The fourth-order valence-corrected chi connectivity index (χ4v) is 2.28. The lowest BCUT2D eigenvalue weighted by molar-refractivity contribution is -0.116. The molecule has 0 bridgehead atoms. The summed E-state index contributed by atoms with van der Waals surface area (Å²) in [5.74, 6) is -0.726. The third-order valence-corrected chi connectivity index (χ3v) is 3.36. The fraction of sp³-hybridized carbons (Fsp3) is 0.429. The van der Waals surface area contributed by atoms with Crippen molar-refractivity contribution in [3.8, 4) is 0 Å². The molecule has 0 radical (unpaired) electrons. The Morgan fingerprint density at radius 3 is 2.57 bits per heavy atom. The molecule has 0 atom stereocenters. The lowest BCUT2D eigenvalue weighted by Gasteiger charge is -2.33. The number of alkyl halides is 1. The lowest BCUT2D eigenvalue weighted by Crippen LogP contribution is -2.53. The van der Waals surface area contributed by atoms with E-state index in [9.17, 15) is 14.0 Å². The molecule has 0 aliphatic carbocycles. The second-order valence-electron chi connectivity index (χ2n) is 5.36. The molecule has 0 spiro atoms. The number of halogens is 2. The zero-order valence-electron chi connectivity index (χ0n) is 12.1. The third kappa shape index (κ3) is 5.00. The van der Waals surface area contributed by atoms with Crippen molar-refractivity contribution < 1.29 is 19.1 Å². The van der Waals surface area contributed by atoms with Crippen molar-refractivity contribution in [3.63, 3.8) is 0 Å². The van der Waals surface area contributed by atoms with E-state index in [-0.39, 0.29) is 17.8 Å². The normalized spacial score (nSPS) is 11.1. The zero-order chi connectivity index (χ0) is 16.2. The van der Waals surface area contributed by atoms with Crippen LogP contribution in [-0.4, -0.2) is 34.5 Å². The highest BCUT2D eigenvalue weighted by molar-refractivity contribution is 9.09. The van der Waals surface area contributed by atoms with Gasteiger partial charge in [0.1, 0.15) is 5.82 Å². The number of hydrogen-bond acceptors (Lipinski definition) is 2. The summed E-state index contributed by atoms with van der Waals surface area (Å²) < 4.78 is 13.5. The molecular formula is C14H18BrFN2O3. The monoisotopic (exact) mass is 360 g/mol. The molecule has 116 valence electrons. The number of anilines is 1. The molecule has 5 nitrogen and oxygen atoms in total. The van der Waals surface area contributed by atoms with Gasteiger partial charge in [0.15, 0.2) is 0 Å². The Balaban J connectivity index is 3.15. The number of aryl methyl sites for hydroxylation is 1. The maximum Gasteiger partial charge on any atom is 0.405 e. The van der Waals surface area contributed by atoms with E-state index in [2.05, 4.69) is 21.2 Å². The smallest absolute Gasteiger partial charge is 0.405 e. The predicted octanol–water partition coefficient (Wildman–Crippen LogP) is 2.91. The molecule has 0 aromatic heterocycles. The van der Waals surface area contributed by atoms with Gasteiger partial charge in [-0.25, -0.2) is 9.18 Å². The van der Waals surface area contributed by atoms with E-state index in [1.807, 2.05) is 0 Å². The van der Waals surface area contributed by atoms with Crippen LogP contribution in [-0.2, 0) is 4.79 Å². The van der Waals surface area contributed by atoms with Crippen LogP contribution in [0.5, 0.6) is 0 Å². The number of carbonyl (C=O) groups is 2. The van der Waals surface area contributed by atoms with Crippen molar-refractivity contribution in [2.75, 3.05) is 16.8 Å². The van der Waals surface area contributed by atoms with Gasteiger partial charge in [0.25, 0.3) is 0 Å². The van der Waals surface area contributed by atoms with Gasteiger partial charge in [0.05, 0.1) is 10.9 Å². The van der Waals surface area contributed by atoms with Crippen LogP contribution >= 0.6 is 15.9 Å². The Labute approximate surface area is 131 Å². The number of amides is 2. The summed E-state index contributed by atoms with van der Waals surface area (Å²) in [6.45, 7) is 5.17. The molecule has 2 N–H and O–H groups in total. The summed E-state index contributed by atoms with van der Waals surface area (Å²) in [5.41, 5.74) is 0.291. The average Bonchev–Trinajstić information content (AvgIpc) is 2.36. The minimum atomic E-state index is -1.18. The van der Waals surface area contributed by atoms with E-state index in [1.165, 1.54) is 17.0 Å². The Kier molecular flexibility index (Phi) is 5.71. The summed E-state index contributed by atoms with van der Waals surface area (Å²) in [6.07, 6.45) is -1.18. The van der Waals surface area contributed by atoms with Gasteiger partial charge in [-0.2, -0.15) is 0 Å². The molecule has 21 heavy (non-hydrogen) atoms. The second kappa shape index (κ2) is 6.89. The number of rotatable bonds is 5. The number of benzene rings is 1. The Hall–Kier alpha value is -1.63.